The number of hydrogen-bond acceptors (Lipinski definition) is 54. The zero-order valence-electron chi connectivity index (χ0n) is 70.2. The lowest BCUT2D eigenvalue weighted by atomic mass is 10.1. The van der Waals surface area contributed by atoms with Gasteiger partial charge in [-0.05, 0) is 32.6 Å². The van der Waals surface area contributed by atoms with Gasteiger partial charge in [0.2, 0.25) is 59.1 Å². The van der Waals surface area contributed by atoms with Crippen LogP contribution in [0.5, 0.6) is 29.4 Å². The van der Waals surface area contributed by atoms with E-state index in [1.807, 2.05) is 0 Å². The Balaban J connectivity index is 0.000000156. The zero-order chi connectivity index (χ0) is 93.8. The number of nitrogens with two attached hydrogens (primary N) is 5. The number of anilines is 10. The monoisotopic (exact) mass is 1910 g/mol. The molecule has 54 heteroatoms. The molecule has 129 heavy (non-hydrogen) atoms. The van der Waals surface area contributed by atoms with E-state index in [9.17, 15) is 81.4 Å². The summed E-state index contributed by atoms with van der Waals surface area (Å²) in [6, 6.07) is 0. The summed E-state index contributed by atoms with van der Waals surface area (Å²) in [5.74, 6) is 2.34. The third-order valence-corrected chi connectivity index (χ3v) is 25.5. The minimum Gasteiger partial charge on any atom is -0.477 e. The molecule has 27 N–H and O–H groups in total. The highest BCUT2D eigenvalue weighted by Crippen LogP contribution is 2.57. The SMILES string of the molecule is C=C1Sc2c(OC(C)C(=O)OC)nc(N)nc2N1[C@@H]1O[C@H](CO)[C@@H](O)[C@H]1O.C=C1Sc2c(OCCCC)nc(N)nc2N1[C@@H]1O[C@H](CO)[C@@H](O)[C@H]1O.C=C1Sc2c(OCCCCC)nc(N)nc2N1[C@@H]1O[C@H](CO)[C@@H](O)[C@H]1O.C=C1Sc2c(OCCCCO)nc(N)nc2N1[C@@H]1O[C@H](CO)[C@@H](O)[C@H]1O.C=C1Sc2c(OCCCO)nc(N)nc2N1[C@@H]1O[C@H](CO)[C@@H](O)[C@H]1O. The minimum absolute atomic E-state index is 0.0166. The average molecular weight is 1910 g/mol. The normalized spacial score (nSPS) is 28.2. The van der Waals surface area contributed by atoms with E-state index in [4.69, 9.17) is 86.3 Å². The van der Waals surface area contributed by atoms with Gasteiger partial charge in [-0.25, -0.2) is 4.79 Å². The molecule has 15 heterocycles. The van der Waals surface area contributed by atoms with Crippen LogP contribution in [0, 0.1) is 0 Å². The molecular weight excluding hydrogens is 1810 g/mol. The molecule has 10 aliphatic heterocycles. The Morgan fingerprint density at radius 3 is 0.798 bits per heavy atom. The summed E-state index contributed by atoms with van der Waals surface area (Å²) in [5, 5.41) is 168. The van der Waals surface area contributed by atoms with E-state index in [1.165, 1.54) is 75.8 Å². The van der Waals surface area contributed by atoms with Gasteiger partial charge < -0.3 is 168 Å². The van der Waals surface area contributed by atoms with Crippen molar-refractivity contribution >= 4 is 124 Å². The lowest BCUT2D eigenvalue weighted by molar-refractivity contribution is -0.148. The molecule has 5 aromatic rings. The lowest BCUT2D eigenvalue weighted by Gasteiger charge is -2.27. The van der Waals surface area contributed by atoms with Gasteiger partial charge in [-0.3, -0.25) is 24.5 Å². The van der Waals surface area contributed by atoms with Crippen LogP contribution in [0.4, 0.5) is 58.8 Å². The van der Waals surface area contributed by atoms with Crippen LogP contribution in [-0.4, -0.2) is 351 Å². The van der Waals surface area contributed by atoms with E-state index in [-0.39, 0.29) is 73.0 Å². The first-order valence-corrected chi connectivity index (χ1v) is 44.5. The topological polar surface area (TPSA) is 738 Å². The lowest BCUT2D eigenvalue weighted by Crippen LogP contribution is -2.42. The Morgan fingerprint density at radius 1 is 0.349 bits per heavy atom. The van der Waals surface area contributed by atoms with Gasteiger partial charge in [-0.2, -0.15) is 49.8 Å². The number of unbranched alkanes of at least 4 members (excludes halogenated alkanes) is 4. The molecule has 5 fully saturated rings. The zero-order valence-corrected chi connectivity index (χ0v) is 74.3. The molecule has 0 radical (unpaired) electrons. The molecule has 0 aromatic carbocycles. The fraction of sp³-hybridized carbons (Fsp3) is 0.587. The fourth-order valence-corrected chi connectivity index (χ4v) is 18.7. The molecule has 0 spiro atoms. The van der Waals surface area contributed by atoms with E-state index < -0.39 is 168 Å². The van der Waals surface area contributed by atoms with Gasteiger partial charge in [0.15, 0.2) is 66.3 Å². The van der Waals surface area contributed by atoms with Crippen LogP contribution < -0.4 is 76.9 Å². The summed E-state index contributed by atoms with van der Waals surface area (Å²) in [4.78, 5) is 63.5. The quantitative estimate of drug-likeness (QED) is 0.0155. The van der Waals surface area contributed by atoms with Crippen molar-refractivity contribution in [1.29, 1.82) is 0 Å². The maximum atomic E-state index is 11.6. The van der Waals surface area contributed by atoms with Crippen molar-refractivity contribution in [3.63, 3.8) is 0 Å². The van der Waals surface area contributed by atoms with Gasteiger partial charge in [0, 0.05) is 19.6 Å². The molecule has 5 saturated heterocycles. The van der Waals surface area contributed by atoms with Crippen LogP contribution in [0.3, 0.4) is 0 Å². The smallest absolute Gasteiger partial charge is 0.346 e. The van der Waals surface area contributed by atoms with E-state index in [0.717, 1.165) is 43.9 Å². The number of aliphatic hydroxyl groups excluding tert-OH is 17. The van der Waals surface area contributed by atoms with Crippen LogP contribution in [-0.2, 0) is 33.2 Å². The summed E-state index contributed by atoms with van der Waals surface area (Å²) >= 11 is 6.16. The highest BCUT2D eigenvalue weighted by Gasteiger charge is 2.55. The van der Waals surface area contributed by atoms with Gasteiger partial charge >= 0.3 is 5.97 Å². The van der Waals surface area contributed by atoms with Crippen molar-refractivity contribution in [2.45, 2.75) is 225 Å². The second-order valence-corrected chi connectivity index (χ2v) is 34.8. The first kappa shape index (κ1) is 101. The largest absolute Gasteiger partial charge is 0.477 e. The first-order chi connectivity index (χ1) is 61.7. The molecular formula is C75H108N20O29S5. The fourth-order valence-electron chi connectivity index (χ4n) is 13.9. The number of hydrogen-bond donors (Lipinski definition) is 22. The molecule has 10 aliphatic rings. The van der Waals surface area contributed by atoms with Crippen LogP contribution in [0.2, 0.25) is 0 Å². The van der Waals surface area contributed by atoms with Crippen molar-refractivity contribution in [3.8, 4) is 29.4 Å². The van der Waals surface area contributed by atoms with E-state index in [0.29, 0.717) is 124 Å². The van der Waals surface area contributed by atoms with E-state index in [2.05, 4.69) is 101 Å². The summed E-state index contributed by atoms with van der Waals surface area (Å²) in [7, 11) is 1.24. The van der Waals surface area contributed by atoms with E-state index in [1.54, 1.807) is 9.80 Å². The Bertz CT molecular complexity index is 4550. The van der Waals surface area contributed by atoms with Crippen molar-refractivity contribution in [2.24, 2.45) is 0 Å². The number of aliphatic hydroxyl groups is 17. The third kappa shape index (κ3) is 22.0. The van der Waals surface area contributed by atoms with Crippen LogP contribution in [0.1, 0.15) is 72.1 Å². The number of rotatable bonds is 31. The highest BCUT2D eigenvalue weighted by atomic mass is 32.2. The number of fused-ring (bicyclic) bond motifs is 5. The van der Waals surface area contributed by atoms with Gasteiger partial charge in [0.1, 0.15) is 116 Å². The third-order valence-electron chi connectivity index (χ3n) is 20.5. The second kappa shape index (κ2) is 45.2. The van der Waals surface area contributed by atoms with Gasteiger partial charge in [-0.15, -0.1) is 0 Å². The Morgan fingerprint density at radius 2 is 0.574 bits per heavy atom. The molecule has 0 saturated carbocycles. The molecule has 21 atom stereocenters. The van der Waals surface area contributed by atoms with Crippen molar-refractivity contribution in [3.05, 3.63) is 58.0 Å². The summed E-state index contributed by atoms with van der Waals surface area (Å²) in [6.45, 7) is 24.9. The van der Waals surface area contributed by atoms with Gasteiger partial charge in [0.05, 0.1) is 91.7 Å². The Labute approximate surface area is 758 Å². The number of carbonyl (C=O) groups excluding carboxylic acids is 1. The predicted molar refractivity (Wildman–Crippen MR) is 465 cm³/mol. The summed E-state index contributed by atoms with van der Waals surface area (Å²) in [6.07, 6.45) is -16.3. The maximum Gasteiger partial charge on any atom is 0.346 e. The number of methoxy groups -OCH3 is 1. The minimum atomic E-state index is -1.32. The average Bonchev–Trinajstić information content (AvgIpc) is 1.62. The van der Waals surface area contributed by atoms with Gasteiger partial charge in [-0.1, -0.05) is 125 Å². The molecule has 5 aromatic heterocycles. The number of esters is 1. The standard InChI is InChI=1S/C16H24N4O5S.C15H20N4O7S.C15H22N4O6S.C15H22N4O5S.C14H20N4O6S/c1-3-4-5-6-24-14-12-13(18-16(17)19-14)20(8(2)26-12)15-11(23)10(22)9(7-21)25-15;1-5(14(23)24-3)25-12-10-11(17-15(16)18-12)19(6(2)27-10)13-9(22)8(21)7(4-20)26-13;1-7-19(14-10(23)9(22)8(6-21)25-14)12-11(26-7)13(18-15(16)17-12)24-5-3-2-4-20;1-3-4-5-23-13-11-12(17-15(16)18-13)19(7(2)25-11)14-10(22)9(21)8(6-20)24-14;1-6-18(13-9(22)8(21)7(5-20)24-13)11-10(25-6)12(17-14(15)16-11)23-4-2-3-19/h9-11,15,21-23H,2-7H2,1H3,(H2,17,18,19);5,7-9,13,20-22H,2,4H2,1,3H3,(H2,16,17,18);8-10,14,20-23H,1-6H2,(H2,16,17,18);8-10,14,20-22H,2-6H2,1H3,(H2,16,17,18);7-9,13,19-22H,1-5H2,(H2,15,16,17)/t9-,10-,11-,15-;5?,7-,8-,9-,13-;2*8-,9-,10-,14-;7-,8-,9-,13-/m11111/s1. The highest BCUT2D eigenvalue weighted by molar-refractivity contribution is 8.04. The Kier molecular flexibility index (Phi) is 35.4. The van der Waals surface area contributed by atoms with Crippen molar-refractivity contribution in [1.82, 2.24) is 49.8 Å². The number of thioether (sulfide) groups is 5. The van der Waals surface area contributed by atoms with Crippen molar-refractivity contribution < 1.29 is 144 Å². The maximum absolute atomic E-state index is 11.6. The van der Waals surface area contributed by atoms with Crippen LogP contribution >= 0.6 is 58.8 Å². The number of nitrogen functional groups attached to an aromatic ring is 5. The van der Waals surface area contributed by atoms with E-state index >= 15 is 0 Å². The van der Waals surface area contributed by atoms with Crippen LogP contribution in [0.25, 0.3) is 0 Å². The Hall–Kier alpha value is -8.56. The molecule has 15 rings (SSSR count). The first-order valence-electron chi connectivity index (χ1n) is 40.5. The molecule has 49 nitrogen and oxygen atoms in total. The number of ether oxygens (including phenoxy) is 11. The predicted octanol–water partition coefficient (Wildman–Crippen LogP) is -2.99. The number of aromatic nitrogens is 10. The molecule has 712 valence electrons. The summed E-state index contributed by atoms with van der Waals surface area (Å²) in [5.41, 5.74) is 28.9. The van der Waals surface area contributed by atoms with Crippen molar-refractivity contribution in [2.75, 3.05) is 133 Å². The second-order valence-electron chi connectivity index (χ2n) is 29.4. The number of nitrogens with zero attached hydrogens (tertiary/aromatic N) is 15. The molecule has 0 aliphatic carbocycles. The van der Waals surface area contributed by atoms with Crippen LogP contribution in [0.15, 0.2) is 82.5 Å². The van der Waals surface area contributed by atoms with Gasteiger partial charge in [0.25, 0.3) is 0 Å². The molecule has 0 amide bonds. The number of carbonyl (C=O) groups is 1. The summed E-state index contributed by atoms with van der Waals surface area (Å²) < 4.78 is 60.7. The molecule has 0 bridgehead atoms. The molecule has 1 unspecified atom stereocenters.